The highest BCUT2D eigenvalue weighted by atomic mass is 16.7. The molecule has 0 aromatic rings. The van der Waals surface area contributed by atoms with Crippen LogP contribution in [0.2, 0.25) is 0 Å². The first kappa shape index (κ1) is 57.3. The molecule has 0 aromatic heterocycles. The summed E-state index contributed by atoms with van der Waals surface area (Å²) in [5, 5.41) is 71.9. The fourth-order valence-corrected chi connectivity index (χ4v) is 7.09. The highest BCUT2D eigenvalue weighted by molar-refractivity contribution is 5.70. The molecule has 64 heavy (non-hydrogen) atoms. The van der Waals surface area contributed by atoms with Crippen LogP contribution in [0.3, 0.4) is 0 Å². The average Bonchev–Trinajstić information content (AvgIpc) is 3.29. The Kier molecular flexibility index (Phi) is 32.5. The molecular weight excluding hydrogens is 829 g/mol. The number of carbonyl (C=O) groups is 2. The van der Waals surface area contributed by atoms with Crippen molar-refractivity contribution < 1.29 is 73.8 Å². The van der Waals surface area contributed by atoms with Crippen LogP contribution in [0.5, 0.6) is 0 Å². The van der Waals surface area contributed by atoms with Crippen molar-refractivity contribution in [3.8, 4) is 0 Å². The first-order chi connectivity index (χ1) is 31.0. The Balaban J connectivity index is 1.86. The van der Waals surface area contributed by atoms with Crippen molar-refractivity contribution in [2.75, 3.05) is 26.4 Å². The number of aliphatic hydroxyl groups is 7. The molecule has 0 saturated carbocycles. The van der Waals surface area contributed by atoms with Gasteiger partial charge in [-0.2, -0.15) is 0 Å². The van der Waals surface area contributed by atoms with E-state index in [0.29, 0.717) is 12.8 Å². The van der Waals surface area contributed by atoms with E-state index < -0.39 is 99.3 Å². The molecule has 15 heteroatoms. The SMILES string of the molecule is CC/C=C/C=C/C=C/CCCCCCCCCC(=O)OCC(CO[C@@H]1O[C@H](CO[C@@H]2O[C@H](CO)[C@H](O)C(O)C2O)[C@H](O)C(O)C1O)OC(=O)CC/C=C/C/C=C/CCCCCCCC. The Labute approximate surface area is 381 Å². The lowest BCUT2D eigenvalue weighted by Gasteiger charge is -2.42. The molecule has 7 N–H and O–H groups in total. The van der Waals surface area contributed by atoms with E-state index >= 15 is 0 Å². The molecule has 0 aliphatic carbocycles. The van der Waals surface area contributed by atoms with E-state index in [0.717, 1.165) is 64.2 Å². The third kappa shape index (κ3) is 24.6. The van der Waals surface area contributed by atoms with Gasteiger partial charge < -0.3 is 64.2 Å². The van der Waals surface area contributed by atoms with Crippen molar-refractivity contribution in [1.82, 2.24) is 0 Å². The standard InChI is InChI=1S/C49H82O15/c1-3-5-7-9-11-13-15-17-18-20-21-23-25-27-29-31-40(51)59-34-37(62-41(52)32-30-28-26-24-22-19-16-14-12-10-8-6-4-2)35-60-48-47(58)45(56)43(54)39(64-48)36-61-49-46(57)44(55)42(53)38(33-50)63-49/h5,7,9,11,13,15,19,22,26,28,37-39,42-50,53-58H,3-4,6,8,10,12,14,16-18,20-21,23-25,27,29-36H2,1-2H3/b7-5+,11-9+,15-13+,22-19+,28-26+/t37?,38-,39-,42+,43+,44?,45?,46?,47?,48-,49-/m1/s1. The predicted octanol–water partition coefficient (Wildman–Crippen LogP) is 5.70. The molecule has 2 aliphatic rings. The largest absolute Gasteiger partial charge is 0.462 e. The summed E-state index contributed by atoms with van der Waals surface area (Å²) < 4.78 is 33.4. The molecule has 2 fully saturated rings. The van der Waals surface area contributed by atoms with Gasteiger partial charge in [0.15, 0.2) is 18.7 Å². The summed E-state index contributed by atoms with van der Waals surface area (Å²) in [5.41, 5.74) is 0. The Morgan fingerprint density at radius 2 is 1.08 bits per heavy atom. The van der Waals surface area contributed by atoms with E-state index in [1.165, 1.54) is 38.5 Å². The highest BCUT2D eigenvalue weighted by Gasteiger charge is 2.47. The lowest BCUT2D eigenvalue weighted by atomic mass is 9.98. The van der Waals surface area contributed by atoms with Gasteiger partial charge in [0.05, 0.1) is 19.8 Å². The molecule has 2 rings (SSSR count). The van der Waals surface area contributed by atoms with Crippen LogP contribution in [0, 0.1) is 0 Å². The van der Waals surface area contributed by atoms with Gasteiger partial charge in [-0.25, -0.2) is 0 Å². The van der Waals surface area contributed by atoms with Gasteiger partial charge in [-0.3, -0.25) is 9.59 Å². The summed E-state index contributed by atoms with van der Waals surface area (Å²) in [6.45, 7) is 2.35. The Morgan fingerprint density at radius 1 is 0.531 bits per heavy atom. The second-order valence-corrected chi connectivity index (χ2v) is 16.6. The molecule has 0 radical (unpaired) electrons. The lowest BCUT2D eigenvalue weighted by Crippen LogP contribution is -2.61. The van der Waals surface area contributed by atoms with Gasteiger partial charge in [0.25, 0.3) is 0 Å². The maximum atomic E-state index is 12.9. The molecule has 11 atom stereocenters. The summed E-state index contributed by atoms with van der Waals surface area (Å²) >= 11 is 0. The normalized spacial score (nSPS) is 27.1. The van der Waals surface area contributed by atoms with E-state index in [4.69, 9.17) is 28.4 Å². The Morgan fingerprint density at radius 3 is 1.72 bits per heavy atom. The quantitative estimate of drug-likeness (QED) is 0.0175. The van der Waals surface area contributed by atoms with E-state index in [9.17, 15) is 45.3 Å². The number of hydrogen-bond acceptors (Lipinski definition) is 15. The monoisotopic (exact) mass is 911 g/mol. The van der Waals surface area contributed by atoms with Gasteiger partial charge in [-0.05, 0) is 51.4 Å². The van der Waals surface area contributed by atoms with Gasteiger partial charge in [-0.15, -0.1) is 0 Å². The van der Waals surface area contributed by atoms with Crippen LogP contribution in [0.4, 0.5) is 0 Å². The highest BCUT2D eigenvalue weighted by Crippen LogP contribution is 2.26. The fraction of sp³-hybridized carbons (Fsp3) is 0.755. The van der Waals surface area contributed by atoms with Gasteiger partial charge in [0.1, 0.15) is 55.4 Å². The van der Waals surface area contributed by atoms with Crippen molar-refractivity contribution in [2.24, 2.45) is 0 Å². The van der Waals surface area contributed by atoms with Crippen LogP contribution in [0.1, 0.15) is 142 Å². The van der Waals surface area contributed by atoms with Gasteiger partial charge in [0, 0.05) is 12.8 Å². The molecule has 5 unspecified atom stereocenters. The second-order valence-electron chi connectivity index (χ2n) is 16.6. The zero-order chi connectivity index (χ0) is 46.8. The van der Waals surface area contributed by atoms with Crippen LogP contribution in [-0.4, -0.2) is 142 Å². The van der Waals surface area contributed by atoms with Crippen molar-refractivity contribution in [3.05, 3.63) is 60.8 Å². The van der Waals surface area contributed by atoms with Crippen LogP contribution in [-0.2, 0) is 38.0 Å². The van der Waals surface area contributed by atoms with Crippen molar-refractivity contribution in [3.63, 3.8) is 0 Å². The summed E-state index contributed by atoms with van der Waals surface area (Å²) in [7, 11) is 0. The zero-order valence-electron chi connectivity index (χ0n) is 38.5. The third-order valence-corrected chi connectivity index (χ3v) is 11.1. The molecule has 0 spiro atoms. The number of rotatable bonds is 35. The summed E-state index contributed by atoms with van der Waals surface area (Å²) in [6, 6.07) is 0. The second kappa shape index (κ2) is 36.3. The van der Waals surface area contributed by atoms with Crippen LogP contribution >= 0.6 is 0 Å². The number of hydrogen-bond donors (Lipinski definition) is 7. The van der Waals surface area contributed by atoms with E-state index in [1.54, 1.807) is 0 Å². The molecule has 0 amide bonds. The van der Waals surface area contributed by atoms with Crippen LogP contribution in [0.15, 0.2) is 60.8 Å². The fourth-order valence-electron chi connectivity index (χ4n) is 7.09. The Bertz CT molecular complexity index is 1350. The molecule has 0 bridgehead atoms. The zero-order valence-corrected chi connectivity index (χ0v) is 38.5. The molecule has 15 nitrogen and oxygen atoms in total. The minimum Gasteiger partial charge on any atom is -0.462 e. The molecule has 2 saturated heterocycles. The van der Waals surface area contributed by atoms with E-state index in [2.05, 4.69) is 44.2 Å². The summed E-state index contributed by atoms with van der Waals surface area (Å²) in [6.07, 6.45) is 22.7. The number of esters is 2. The minimum absolute atomic E-state index is 0.0538. The molecule has 2 aliphatic heterocycles. The van der Waals surface area contributed by atoms with Crippen molar-refractivity contribution in [2.45, 2.75) is 210 Å². The topological polar surface area (TPSA) is 231 Å². The molecule has 368 valence electrons. The van der Waals surface area contributed by atoms with Gasteiger partial charge >= 0.3 is 11.9 Å². The number of unbranched alkanes of at least 4 members (excludes halogenated alkanes) is 13. The smallest absolute Gasteiger partial charge is 0.306 e. The third-order valence-electron chi connectivity index (χ3n) is 11.1. The number of allylic oxidation sites excluding steroid dienone is 10. The van der Waals surface area contributed by atoms with Crippen molar-refractivity contribution >= 4 is 11.9 Å². The molecule has 0 aromatic carbocycles. The van der Waals surface area contributed by atoms with E-state index in [-0.39, 0.29) is 19.4 Å². The molecular formula is C49H82O15. The maximum absolute atomic E-state index is 12.9. The van der Waals surface area contributed by atoms with Crippen LogP contribution < -0.4 is 0 Å². The number of aliphatic hydroxyl groups excluding tert-OH is 7. The van der Waals surface area contributed by atoms with Crippen molar-refractivity contribution in [1.29, 1.82) is 0 Å². The first-order valence-corrected chi connectivity index (χ1v) is 23.9. The average molecular weight is 911 g/mol. The predicted molar refractivity (Wildman–Crippen MR) is 243 cm³/mol. The summed E-state index contributed by atoms with van der Waals surface area (Å²) in [4.78, 5) is 25.6. The maximum Gasteiger partial charge on any atom is 0.306 e. The minimum atomic E-state index is -1.78. The number of ether oxygens (including phenoxy) is 6. The van der Waals surface area contributed by atoms with E-state index in [1.807, 2.05) is 30.4 Å². The number of carbonyl (C=O) groups excluding carboxylic acids is 2. The van der Waals surface area contributed by atoms with Gasteiger partial charge in [-0.1, -0.05) is 139 Å². The Hall–Kier alpha value is -2.80. The molecule has 2 heterocycles. The lowest BCUT2D eigenvalue weighted by molar-refractivity contribution is -0.332. The van der Waals surface area contributed by atoms with Gasteiger partial charge in [0.2, 0.25) is 0 Å². The van der Waals surface area contributed by atoms with Crippen LogP contribution in [0.25, 0.3) is 0 Å². The first-order valence-electron chi connectivity index (χ1n) is 23.9. The summed E-state index contributed by atoms with van der Waals surface area (Å²) in [5.74, 6) is -1.02.